The lowest BCUT2D eigenvalue weighted by Crippen LogP contribution is -2.45. The molecule has 1 aliphatic heterocycles. The third kappa shape index (κ3) is 1.99. The smallest absolute Gasteiger partial charge is 0.232 e. The number of likely N-dealkylation sites (tertiary alicyclic amines) is 1. The summed E-state index contributed by atoms with van der Waals surface area (Å²) in [5, 5.41) is 0. The predicted octanol–water partition coefficient (Wildman–Crippen LogP) is 2.73. The van der Waals surface area contributed by atoms with Crippen molar-refractivity contribution in [2.24, 2.45) is 11.8 Å². The van der Waals surface area contributed by atoms with Gasteiger partial charge in [0.15, 0.2) is 0 Å². The van der Waals surface area contributed by atoms with Crippen LogP contribution in [0.4, 0.5) is 0 Å². The van der Waals surface area contributed by atoms with Crippen molar-refractivity contribution in [3.05, 3.63) is 34.3 Å². The molecular formula is C14H14BrNO2. The van der Waals surface area contributed by atoms with E-state index in [-0.39, 0.29) is 23.7 Å². The lowest BCUT2D eigenvalue weighted by molar-refractivity contribution is -0.153. The van der Waals surface area contributed by atoms with Crippen molar-refractivity contribution in [3.8, 4) is 0 Å². The Balaban J connectivity index is 1.83. The first-order chi connectivity index (χ1) is 8.65. The molecule has 94 valence electrons. The molecule has 2 amide bonds. The third-order valence-electron chi connectivity index (χ3n) is 3.89. The molecule has 0 radical (unpaired) electrons. The number of carbonyl (C=O) groups is 2. The molecule has 2 bridgehead atoms. The summed E-state index contributed by atoms with van der Waals surface area (Å²) in [4.78, 5) is 25.8. The molecule has 1 saturated carbocycles. The minimum atomic E-state index is 0.0220. The molecule has 3 rings (SSSR count). The second-order valence-corrected chi connectivity index (χ2v) is 6.02. The summed E-state index contributed by atoms with van der Waals surface area (Å²) >= 11 is 3.40. The topological polar surface area (TPSA) is 37.4 Å². The van der Waals surface area contributed by atoms with E-state index in [9.17, 15) is 9.59 Å². The Labute approximate surface area is 114 Å². The van der Waals surface area contributed by atoms with E-state index in [1.165, 1.54) is 4.90 Å². The van der Waals surface area contributed by atoms with E-state index in [4.69, 9.17) is 0 Å². The first-order valence-corrected chi connectivity index (χ1v) is 7.04. The van der Waals surface area contributed by atoms with Gasteiger partial charge in [-0.1, -0.05) is 28.1 Å². The van der Waals surface area contributed by atoms with Crippen LogP contribution >= 0.6 is 15.9 Å². The molecule has 2 aliphatic rings. The van der Waals surface area contributed by atoms with Crippen LogP contribution in [0.25, 0.3) is 0 Å². The number of imide groups is 1. The van der Waals surface area contributed by atoms with Gasteiger partial charge in [-0.3, -0.25) is 14.5 Å². The van der Waals surface area contributed by atoms with E-state index in [1.807, 2.05) is 24.3 Å². The quantitative estimate of drug-likeness (QED) is 0.788. The lowest BCUT2D eigenvalue weighted by Gasteiger charge is -2.29. The molecule has 4 heteroatoms. The van der Waals surface area contributed by atoms with Crippen molar-refractivity contribution in [2.75, 3.05) is 0 Å². The van der Waals surface area contributed by atoms with Crippen LogP contribution in [0.15, 0.2) is 28.7 Å². The van der Waals surface area contributed by atoms with Crippen LogP contribution in [0.1, 0.15) is 24.8 Å². The summed E-state index contributed by atoms with van der Waals surface area (Å²) < 4.78 is 0.972. The lowest BCUT2D eigenvalue weighted by atomic mass is 9.96. The summed E-state index contributed by atoms with van der Waals surface area (Å²) in [6.45, 7) is 0.407. The fraction of sp³-hybridized carbons (Fsp3) is 0.429. The largest absolute Gasteiger partial charge is 0.278 e. The molecule has 0 aromatic heterocycles. The minimum Gasteiger partial charge on any atom is -0.278 e. The number of rotatable bonds is 2. The van der Waals surface area contributed by atoms with E-state index in [0.29, 0.717) is 6.54 Å². The van der Waals surface area contributed by atoms with Gasteiger partial charge in [0.05, 0.1) is 6.54 Å². The van der Waals surface area contributed by atoms with Crippen LogP contribution < -0.4 is 0 Å². The molecule has 1 heterocycles. The van der Waals surface area contributed by atoms with Crippen molar-refractivity contribution in [2.45, 2.75) is 25.8 Å². The molecule has 1 aliphatic carbocycles. The average Bonchev–Trinajstić information content (AvgIpc) is 2.79. The van der Waals surface area contributed by atoms with Gasteiger partial charge in [0, 0.05) is 16.3 Å². The summed E-state index contributed by atoms with van der Waals surface area (Å²) in [6, 6.07) is 7.76. The van der Waals surface area contributed by atoms with E-state index in [1.54, 1.807) is 0 Å². The maximum atomic E-state index is 12.2. The second-order valence-electron chi connectivity index (χ2n) is 5.10. The number of hydrogen-bond acceptors (Lipinski definition) is 2. The van der Waals surface area contributed by atoms with Gasteiger partial charge >= 0.3 is 0 Å². The van der Waals surface area contributed by atoms with Crippen molar-refractivity contribution in [1.29, 1.82) is 0 Å². The molecule has 2 atom stereocenters. The number of halogens is 1. The average molecular weight is 308 g/mol. The second kappa shape index (κ2) is 4.50. The number of piperidine rings is 1. The molecule has 1 saturated heterocycles. The summed E-state index contributed by atoms with van der Waals surface area (Å²) in [5.74, 6) is 0.210. The maximum absolute atomic E-state index is 12.2. The molecule has 0 N–H and O–H groups in total. The van der Waals surface area contributed by atoms with Crippen molar-refractivity contribution in [1.82, 2.24) is 4.90 Å². The predicted molar refractivity (Wildman–Crippen MR) is 70.5 cm³/mol. The number of amides is 2. The highest BCUT2D eigenvalue weighted by Crippen LogP contribution is 2.38. The zero-order chi connectivity index (χ0) is 12.7. The number of benzene rings is 1. The number of nitrogens with zero attached hydrogens (tertiary/aromatic N) is 1. The summed E-state index contributed by atoms with van der Waals surface area (Å²) in [7, 11) is 0. The first kappa shape index (κ1) is 11.9. The van der Waals surface area contributed by atoms with Crippen LogP contribution in [0, 0.1) is 11.8 Å². The van der Waals surface area contributed by atoms with E-state index in [2.05, 4.69) is 15.9 Å². The van der Waals surface area contributed by atoms with Crippen molar-refractivity contribution in [3.63, 3.8) is 0 Å². The standard InChI is InChI=1S/C14H14BrNO2/c15-12-3-1-2-9(6-12)8-16-13(17)10-4-5-11(7-10)14(16)18/h1-3,6,10-11H,4-5,7-8H2. The van der Waals surface area contributed by atoms with Gasteiger partial charge in [0.1, 0.15) is 0 Å². The highest BCUT2D eigenvalue weighted by atomic mass is 79.9. The zero-order valence-electron chi connectivity index (χ0n) is 9.93. The SMILES string of the molecule is O=C1C2CCC(C2)C(=O)N1Cc1cccc(Br)c1. The van der Waals surface area contributed by atoms with E-state index in [0.717, 1.165) is 29.3 Å². The van der Waals surface area contributed by atoms with Gasteiger partial charge < -0.3 is 0 Å². The van der Waals surface area contributed by atoms with Crippen molar-refractivity contribution >= 4 is 27.7 Å². The maximum Gasteiger partial charge on any atom is 0.232 e. The number of hydrogen-bond donors (Lipinski definition) is 0. The molecule has 0 spiro atoms. The molecular weight excluding hydrogens is 294 g/mol. The minimum absolute atomic E-state index is 0.0220. The molecule has 1 aromatic carbocycles. The fourth-order valence-corrected chi connectivity index (χ4v) is 3.40. The van der Waals surface area contributed by atoms with E-state index < -0.39 is 0 Å². The van der Waals surface area contributed by atoms with Gasteiger partial charge in [-0.15, -0.1) is 0 Å². The molecule has 2 unspecified atom stereocenters. The Kier molecular flexibility index (Phi) is 2.98. The van der Waals surface area contributed by atoms with Gasteiger partial charge in [0.25, 0.3) is 0 Å². The highest BCUT2D eigenvalue weighted by Gasteiger charge is 2.44. The number of carbonyl (C=O) groups excluding carboxylic acids is 2. The Morgan fingerprint density at radius 3 is 2.44 bits per heavy atom. The zero-order valence-corrected chi connectivity index (χ0v) is 11.5. The normalized spacial score (nSPS) is 26.8. The third-order valence-corrected chi connectivity index (χ3v) is 4.39. The number of fused-ring (bicyclic) bond motifs is 2. The van der Waals surface area contributed by atoms with Crippen LogP contribution in [0.2, 0.25) is 0 Å². The van der Waals surface area contributed by atoms with Gasteiger partial charge in [-0.25, -0.2) is 0 Å². The van der Waals surface area contributed by atoms with Crippen LogP contribution in [0.3, 0.4) is 0 Å². The molecule has 2 fully saturated rings. The van der Waals surface area contributed by atoms with Crippen molar-refractivity contribution < 1.29 is 9.59 Å². The molecule has 18 heavy (non-hydrogen) atoms. The Hall–Kier alpha value is -1.16. The Bertz CT molecular complexity index is 492. The van der Waals surface area contributed by atoms with Crippen LogP contribution in [0.5, 0.6) is 0 Å². The molecule has 3 nitrogen and oxygen atoms in total. The van der Waals surface area contributed by atoms with E-state index >= 15 is 0 Å². The highest BCUT2D eigenvalue weighted by molar-refractivity contribution is 9.10. The first-order valence-electron chi connectivity index (χ1n) is 6.25. The Morgan fingerprint density at radius 2 is 1.83 bits per heavy atom. The van der Waals surface area contributed by atoms with Gasteiger partial charge in [-0.2, -0.15) is 0 Å². The van der Waals surface area contributed by atoms with Crippen LogP contribution in [-0.4, -0.2) is 16.7 Å². The fourth-order valence-electron chi connectivity index (χ4n) is 2.95. The molecule has 1 aromatic rings. The monoisotopic (exact) mass is 307 g/mol. The summed E-state index contributed by atoms with van der Waals surface area (Å²) in [5.41, 5.74) is 0.993. The van der Waals surface area contributed by atoms with Gasteiger partial charge in [-0.05, 0) is 37.0 Å². The van der Waals surface area contributed by atoms with Crippen LogP contribution in [-0.2, 0) is 16.1 Å². The van der Waals surface area contributed by atoms with Gasteiger partial charge in [0.2, 0.25) is 11.8 Å². The Morgan fingerprint density at radius 1 is 1.17 bits per heavy atom. The summed E-state index contributed by atoms with van der Waals surface area (Å²) in [6.07, 6.45) is 2.53.